The zero-order chi connectivity index (χ0) is 26.7. The predicted octanol–water partition coefficient (Wildman–Crippen LogP) is 5.36. The van der Waals surface area contributed by atoms with E-state index in [0.29, 0.717) is 18.9 Å². The maximum atomic E-state index is 14.3. The number of aromatic nitrogens is 2. The van der Waals surface area contributed by atoms with Gasteiger partial charge in [-0.25, -0.2) is 14.2 Å². The maximum absolute atomic E-state index is 14.3. The number of esters is 1. The van der Waals surface area contributed by atoms with E-state index < -0.39 is 17.4 Å². The number of hydrogen-bond donors (Lipinski definition) is 1. The number of carbonyl (C=O) groups excluding carboxylic acids is 1. The molecule has 2 aromatic carbocycles. The van der Waals surface area contributed by atoms with Gasteiger partial charge in [-0.3, -0.25) is 4.98 Å². The van der Waals surface area contributed by atoms with Crippen molar-refractivity contribution in [1.29, 1.82) is 0 Å². The molecule has 202 valence electrons. The molecule has 0 unspecified atom stereocenters. The number of fused-ring (bicyclic) bond motifs is 1. The summed E-state index contributed by atoms with van der Waals surface area (Å²) in [6, 6.07) is 8.84. The molecular formula is C29H35FN4O4. The van der Waals surface area contributed by atoms with E-state index in [1.807, 2.05) is 0 Å². The van der Waals surface area contributed by atoms with Gasteiger partial charge in [-0.1, -0.05) is 0 Å². The summed E-state index contributed by atoms with van der Waals surface area (Å²) >= 11 is 0. The molecule has 1 aromatic heterocycles. The molecule has 5 rings (SSSR count). The van der Waals surface area contributed by atoms with Crippen LogP contribution in [0.3, 0.4) is 0 Å². The van der Waals surface area contributed by atoms with Gasteiger partial charge in [0.1, 0.15) is 22.7 Å². The Hall–Kier alpha value is -3.46. The van der Waals surface area contributed by atoms with Crippen LogP contribution in [0.25, 0.3) is 11.0 Å². The average molecular weight is 523 g/mol. The van der Waals surface area contributed by atoms with Crippen molar-refractivity contribution in [3.63, 3.8) is 0 Å². The van der Waals surface area contributed by atoms with Gasteiger partial charge in [-0.05, 0) is 70.7 Å². The molecule has 2 aliphatic rings. The monoisotopic (exact) mass is 522 g/mol. The van der Waals surface area contributed by atoms with Gasteiger partial charge in [0, 0.05) is 49.0 Å². The Kier molecular flexibility index (Phi) is 7.65. The van der Waals surface area contributed by atoms with Gasteiger partial charge in [0.15, 0.2) is 0 Å². The summed E-state index contributed by atoms with van der Waals surface area (Å²) in [5, 5.41) is 3.46. The van der Waals surface area contributed by atoms with Crippen LogP contribution >= 0.6 is 0 Å². The van der Waals surface area contributed by atoms with Crippen molar-refractivity contribution in [1.82, 2.24) is 9.97 Å². The molecule has 2 heterocycles. The second-order valence-electron chi connectivity index (χ2n) is 10.9. The smallest absolute Gasteiger partial charge is 0.341 e. The minimum absolute atomic E-state index is 0.0590. The normalized spacial score (nSPS) is 20.3. The largest absolute Gasteiger partial charge is 0.488 e. The first-order chi connectivity index (χ1) is 18.2. The molecule has 0 atom stereocenters. The molecule has 3 aromatic rings. The highest BCUT2D eigenvalue weighted by Gasteiger charge is 2.26. The Balaban J connectivity index is 1.23. The van der Waals surface area contributed by atoms with Crippen molar-refractivity contribution in [2.45, 2.75) is 64.2 Å². The van der Waals surface area contributed by atoms with Crippen LogP contribution in [0.1, 0.15) is 56.8 Å². The third-order valence-corrected chi connectivity index (χ3v) is 6.82. The van der Waals surface area contributed by atoms with Gasteiger partial charge < -0.3 is 24.4 Å². The third kappa shape index (κ3) is 6.32. The lowest BCUT2D eigenvalue weighted by molar-refractivity contribution is 0.00647. The maximum Gasteiger partial charge on any atom is 0.341 e. The highest BCUT2D eigenvalue weighted by molar-refractivity contribution is 5.91. The Morgan fingerprint density at radius 1 is 1.05 bits per heavy atom. The minimum atomic E-state index is -0.691. The summed E-state index contributed by atoms with van der Waals surface area (Å²) in [6.07, 6.45) is 6.95. The number of morpholine rings is 1. The van der Waals surface area contributed by atoms with E-state index in [0.717, 1.165) is 61.2 Å². The fourth-order valence-electron chi connectivity index (χ4n) is 4.97. The zero-order valence-electron chi connectivity index (χ0n) is 22.2. The lowest BCUT2D eigenvalue weighted by atomic mass is 9.92. The number of nitrogens with one attached hydrogen (secondary N) is 1. The van der Waals surface area contributed by atoms with E-state index in [4.69, 9.17) is 14.2 Å². The average Bonchev–Trinajstić information content (AvgIpc) is 2.90. The second kappa shape index (κ2) is 11.1. The zero-order valence-corrected chi connectivity index (χ0v) is 22.2. The van der Waals surface area contributed by atoms with Crippen LogP contribution < -0.4 is 15.0 Å². The van der Waals surface area contributed by atoms with Crippen molar-refractivity contribution in [2.24, 2.45) is 0 Å². The number of hydrogen-bond acceptors (Lipinski definition) is 8. The summed E-state index contributed by atoms with van der Waals surface area (Å²) in [5.74, 6) is -0.490. The van der Waals surface area contributed by atoms with Gasteiger partial charge >= 0.3 is 5.97 Å². The van der Waals surface area contributed by atoms with E-state index in [9.17, 15) is 9.18 Å². The Morgan fingerprint density at radius 3 is 2.53 bits per heavy atom. The highest BCUT2D eigenvalue weighted by Crippen LogP contribution is 2.33. The quantitative estimate of drug-likeness (QED) is 0.433. The lowest BCUT2D eigenvalue weighted by Crippen LogP contribution is -2.36. The van der Waals surface area contributed by atoms with Crippen LogP contribution in [0.2, 0.25) is 0 Å². The number of rotatable bonds is 6. The molecule has 0 amide bonds. The highest BCUT2D eigenvalue weighted by atomic mass is 19.1. The van der Waals surface area contributed by atoms with Crippen LogP contribution in [-0.2, 0) is 9.47 Å². The van der Waals surface area contributed by atoms with Crippen molar-refractivity contribution >= 4 is 28.4 Å². The number of benzene rings is 2. The van der Waals surface area contributed by atoms with Gasteiger partial charge in [-0.15, -0.1) is 0 Å². The molecule has 1 saturated heterocycles. The number of halogens is 1. The fraction of sp³-hybridized carbons (Fsp3) is 0.483. The number of nitrogens with zero attached hydrogens (tertiary/aromatic N) is 3. The third-order valence-electron chi connectivity index (χ3n) is 6.82. The molecule has 1 aliphatic heterocycles. The van der Waals surface area contributed by atoms with Gasteiger partial charge in [-0.2, -0.15) is 0 Å². The van der Waals surface area contributed by atoms with Crippen molar-refractivity contribution in [3.05, 3.63) is 54.1 Å². The van der Waals surface area contributed by atoms with E-state index in [1.54, 1.807) is 39.2 Å². The van der Waals surface area contributed by atoms with E-state index in [-0.39, 0.29) is 17.7 Å². The minimum Gasteiger partial charge on any atom is -0.488 e. The molecule has 9 heteroatoms. The van der Waals surface area contributed by atoms with Crippen LogP contribution in [0.4, 0.5) is 15.8 Å². The SMILES string of the molecule is CC(C)(C)OC(=O)c1cc(NC2CCC(Oc3cc(N4CCOCC4)cc4nccnc34)CC2)ccc1F. The van der Waals surface area contributed by atoms with Crippen LogP contribution in [0.5, 0.6) is 5.75 Å². The summed E-state index contributed by atoms with van der Waals surface area (Å²) in [5.41, 5.74) is 2.61. The molecule has 0 spiro atoms. The number of ether oxygens (including phenoxy) is 3. The fourth-order valence-corrected chi connectivity index (χ4v) is 4.97. The molecule has 1 saturated carbocycles. The van der Waals surface area contributed by atoms with E-state index in [2.05, 4.69) is 32.3 Å². The predicted molar refractivity (Wildman–Crippen MR) is 144 cm³/mol. The molecule has 1 N–H and O–H groups in total. The lowest BCUT2D eigenvalue weighted by Gasteiger charge is -2.32. The Bertz CT molecular complexity index is 1280. The van der Waals surface area contributed by atoms with Crippen LogP contribution in [-0.4, -0.2) is 60.0 Å². The topological polar surface area (TPSA) is 85.8 Å². The summed E-state index contributed by atoms with van der Waals surface area (Å²) in [6.45, 7) is 8.37. The summed E-state index contributed by atoms with van der Waals surface area (Å²) in [4.78, 5) is 23.8. The summed E-state index contributed by atoms with van der Waals surface area (Å²) < 4.78 is 31.7. The van der Waals surface area contributed by atoms with Crippen LogP contribution in [0, 0.1) is 5.82 Å². The standard InChI is InChI=1S/C29H35FN4O4/c1-29(2,3)38-28(35)23-16-20(6-9-24(23)30)33-19-4-7-22(8-5-19)37-26-18-21(34-12-14-36-15-13-34)17-25-27(26)32-11-10-31-25/h6,9-11,16-19,22,33H,4-5,7-8,12-15H2,1-3H3. The first kappa shape index (κ1) is 26.2. The number of anilines is 2. The molecule has 8 nitrogen and oxygen atoms in total. The summed E-state index contributed by atoms with van der Waals surface area (Å²) in [7, 11) is 0. The van der Waals surface area contributed by atoms with Crippen molar-refractivity contribution in [2.75, 3.05) is 36.5 Å². The molecule has 1 aliphatic carbocycles. The molecular weight excluding hydrogens is 487 g/mol. The van der Waals surface area contributed by atoms with Gasteiger partial charge in [0.25, 0.3) is 0 Å². The Morgan fingerprint density at radius 2 is 1.79 bits per heavy atom. The number of carbonyl (C=O) groups is 1. The van der Waals surface area contributed by atoms with E-state index >= 15 is 0 Å². The van der Waals surface area contributed by atoms with Crippen molar-refractivity contribution < 1.29 is 23.4 Å². The molecule has 0 bridgehead atoms. The first-order valence-electron chi connectivity index (χ1n) is 13.3. The second-order valence-corrected chi connectivity index (χ2v) is 10.9. The van der Waals surface area contributed by atoms with Crippen LogP contribution in [0.15, 0.2) is 42.7 Å². The van der Waals surface area contributed by atoms with Gasteiger partial charge in [0.05, 0.1) is 30.4 Å². The molecule has 38 heavy (non-hydrogen) atoms. The molecule has 2 fully saturated rings. The molecule has 0 radical (unpaired) electrons. The van der Waals surface area contributed by atoms with E-state index in [1.165, 1.54) is 12.1 Å². The Labute approximate surface area is 222 Å². The first-order valence-corrected chi connectivity index (χ1v) is 13.3. The van der Waals surface area contributed by atoms with Gasteiger partial charge in [0.2, 0.25) is 0 Å². The van der Waals surface area contributed by atoms with Crippen molar-refractivity contribution in [3.8, 4) is 5.75 Å².